The van der Waals surface area contributed by atoms with Crippen LogP contribution in [0.3, 0.4) is 0 Å². The molecule has 1 aliphatic heterocycles. The molecule has 19 heavy (non-hydrogen) atoms. The molecule has 0 aromatic carbocycles. The molecular formula is C17H34N2. The number of likely N-dealkylation sites (tertiary alicyclic amines) is 1. The molecule has 2 rings (SSSR count). The van der Waals surface area contributed by atoms with Gasteiger partial charge in [-0.25, -0.2) is 0 Å². The van der Waals surface area contributed by atoms with E-state index in [0.717, 1.165) is 36.4 Å². The Labute approximate surface area is 120 Å². The monoisotopic (exact) mass is 266 g/mol. The minimum atomic E-state index is 0.741. The van der Waals surface area contributed by atoms with E-state index in [-0.39, 0.29) is 0 Å². The lowest BCUT2D eigenvalue weighted by Gasteiger charge is -2.43. The van der Waals surface area contributed by atoms with Crippen molar-refractivity contribution in [3.8, 4) is 0 Å². The third-order valence-electron chi connectivity index (χ3n) is 5.40. The van der Waals surface area contributed by atoms with E-state index in [1.54, 1.807) is 0 Å². The van der Waals surface area contributed by atoms with Crippen molar-refractivity contribution in [3.05, 3.63) is 0 Å². The Hall–Kier alpha value is -0.0800. The molecule has 4 unspecified atom stereocenters. The molecule has 1 N–H and O–H groups in total. The van der Waals surface area contributed by atoms with E-state index in [1.807, 2.05) is 0 Å². The summed E-state index contributed by atoms with van der Waals surface area (Å²) in [7, 11) is 0. The molecule has 0 aromatic heterocycles. The molecule has 2 nitrogen and oxygen atoms in total. The molecular weight excluding hydrogens is 232 g/mol. The minimum Gasteiger partial charge on any atom is -0.316 e. The predicted octanol–water partition coefficient (Wildman–Crippen LogP) is 3.52. The van der Waals surface area contributed by atoms with E-state index in [2.05, 4.69) is 37.9 Å². The molecule has 1 aliphatic carbocycles. The van der Waals surface area contributed by atoms with Gasteiger partial charge in [-0.2, -0.15) is 0 Å². The lowest BCUT2D eigenvalue weighted by molar-refractivity contribution is 0.0510. The minimum absolute atomic E-state index is 0.741. The highest BCUT2D eigenvalue weighted by molar-refractivity contribution is 4.92. The zero-order chi connectivity index (χ0) is 13.8. The topological polar surface area (TPSA) is 15.3 Å². The maximum Gasteiger partial charge on any atom is 0.0126 e. The summed E-state index contributed by atoms with van der Waals surface area (Å²) in [5.41, 5.74) is 0. The van der Waals surface area contributed by atoms with Crippen LogP contribution in [0, 0.1) is 17.8 Å². The first-order valence-corrected chi connectivity index (χ1v) is 8.56. The van der Waals surface area contributed by atoms with Crippen LogP contribution in [-0.4, -0.2) is 36.6 Å². The Bertz CT molecular complexity index is 264. The second kappa shape index (κ2) is 7.08. The van der Waals surface area contributed by atoms with Crippen LogP contribution < -0.4 is 5.32 Å². The molecule has 2 fully saturated rings. The normalized spacial score (nSPS) is 31.4. The van der Waals surface area contributed by atoms with Gasteiger partial charge >= 0.3 is 0 Å². The predicted molar refractivity (Wildman–Crippen MR) is 83.4 cm³/mol. The van der Waals surface area contributed by atoms with Gasteiger partial charge in [-0.3, -0.25) is 4.90 Å². The second-order valence-electron chi connectivity index (χ2n) is 7.41. The fourth-order valence-electron chi connectivity index (χ4n) is 4.10. The fourth-order valence-corrected chi connectivity index (χ4v) is 4.10. The molecule has 2 aliphatic rings. The van der Waals surface area contributed by atoms with Crippen LogP contribution in [-0.2, 0) is 0 Å². The van der Waals surface area contributed by atoms with E-state index in [9.17, 15) is 0 Å². The summed E-state index contributed by atoms with van der Waals surface area (Å²) in [6.45, 7) is 13.1. The van der Waals surface area contributed by atoms with E-state index >= 15 is 0 Å². The van der Waals surface area contributed by atoms with Crippen LogP contribution in [0.4, 0.5) is 0 Å². The maximum atomic E-state index is 3.64. The van der Waals surface area contributed by atoms with Gasteiger partial charge in [0.25, 0.3) is 0 Å². The van der Waals surface area contributed by atoms with Crippen molar-refractivity contribution in [3.63, 3.8) is 0 Å². The molecule has 112 valence electrons. The number of fused-ring (bicyclic) bond motifs is 1. The largest absolute Gasteiger partial charge is 0.316 e. The van der Waals surface area contributed by atoms with Crippen molar-refractivity contribution >= 4 is 0 Å². The molecule has 4 atom stereocenters. The van der Waals surface area contributed by atoms with Crippen LogP contribution in [0.2, 0.25) is 0 Å². The van der Waals surface area contributed by atoms with E-state index in [4.69, 9.17) is 0 Å². The Morgan fingerprint density at radius 3 is 2.47 bits per heavy atom. The Morgan fingerprint density at radius 2 is 1.74 bits per heavy atom. The molecule has 0 amide bonds. The van der Waals surface area contributed by atoms with Gasteiger partial charge < -0.3 is 5.32 Å². The Kier molecular flexibility index (Phi) is 5.70. The smallest absolute Gasteiger partial charge is 0.0126 e. The molecule has 2 heteroatoms. The molecule has 1 saturated heterocycles. The van der Waals surface area contributed by atoms with Gasteiger partial charge in [-0.15, -0.1) is 0 Å². The highest BCUT2D eigenvalue weighted by Crippen LogP contribution is 2.38. The van der Waals surface area contributed by atoms with Crippen molar-refractivity contribution in [2.75, 3.05) is 19.6 Å². The highest BCUT2D eigenvalue weighted by Gasteiger charge is 2.37. The van der Waals surface area contributed by atoms with Gasteiger partial charge in [0, 0.05) is 12.1 Å². The average Bonchev–Trinajstić information content (AvgIpc) is 2.85. The summed E-state index contributed by atoms with van der Waals surface area (Å²) in [6, 6.07) is 1.65. The third-order valence-corrected chi connectivity index (χ3v) is 5.40. The molecule has 0 radical (unpaired) electrons. The van der Waals surface area contributed by atoms with Crippen molar-refractivity contribution in [1.29, 1.82) is 0 Å². The maximum absolute atomic E-state index is 3.64. The van der Waals surface area contributed by atoms with Crippen LogP contribution in [0.5, 0.6) is 0 Å². The first-order chi connectivity index (χ1) is 9.09. The van der Waals surface area contributed by atoms with Crippen molar-refractivity contribution in [1.82, 2.24) is 10.2 Å². The molecule has 0 bridgehead atoms. The molecule has 1 saturated carbocycles. The summed E-state index contributed by atoms with van der Waals surface area (Å²) in [5.74, 6) is 2.54. The van der Waals surface area contributed by atoms with Crippen molar-refractivity contribution < 1.29 is 0 Å². The van der Waals surface area contributed by atoms with Crippen LogP contribution >= 0.6 is 0 Å². The quantitative estimate of drug-likeness (QED) is 0.791. The van der Waals surface area contributed by atoms with Gasteiger partial charge in [-0.1, -0.05) is 27.2 Å². The van der Waals surface area contributed by atoms with Gasteiger partial charge in [0.1, 0.15) is 0 Å². The number of rotatable bonds is 6. The molecule has 0 aromatic rings. The first-order valence-electron chi connectivity index (χ1n) is 8.56. The van der Waals surface area contributed by atoms with E-state index in [1.165, 1.54) is 45.2 Å². The summed E-state index contributed by atoms with van der Waals surface area (Å²) in [5, 5.41) is 3.64. The first kappa shape index (κ1) is 15.3. The molecule has 1 heterocycles. The van der Waals surface area contributed by atoms with Gasteiger partial charge in [0.15, 0.2) is 0 Å². The van der Waals surface area contributed by atoms with Crippen LogP contribution in [0.25, 0.3) is 0 Å². The zero-order valence-corrected chi connectivity index (χ0v) is 13.5. The lowest BCUT2D eigenvalue weighted by atomic mass is 9.88. The summed E-state index contributed by atoms with van der Waals surface area (Å²) in [6.07, 6.45) is 7.35. The summed E-state index contributed by atoms with van der Waals surface area (Å²) >= 11 is 0. The molecule has 0 spiro atoms. The van der Waals surface area contributed by atoms with Gasteiger partial charge in [0.05, 0.1) is 0 Å². The second-order valence-corrected chi connectivity index (χ2v) is 7.41. The Morgan fingerprint density at radius 1 is 1.00 bits per heavy atom. The van der Waals surface area contributed by atoms with Crippen molar-refractivity contribution in [2.45, 2.75) is 71.9 Å². The number of hydrogen-bond donors (Lipinski definition) is 1. The SMILES string of the molecule is CC(C)CNCC(C)C(C)N1CCCC2CCCC21. The number of nitrogens with zero attached hydrogens (tertiary/aromatic N) is 1. The zero-order valence-electron chi connectivity index (χ0n) is 13.5. The standard InChI is InChI=1S/C17H34N2/c1-13(2)11-18-12-14(3)15(4)19-10-6-8-16-7-5-9-17(16)19/h13-18H,5-12H2,1-4H3. The van der Waals surface area contributed by atoms with Crippen LogP contribution in [0.1, 0.15) is 59.8 Å². The fraction of sp³-hybridized carbons (Fsp3) is 1.00. The Balaban J connectivity index is 1.82. The van der Waals surface area contributed by atoms with Gasteiger partial charge in [0.2, 0.25) is 0 Å². The number of hydrogen-bond acceptors (Lipinski definition) is 2. The van der Waals surface area contributed by atoms with Crippen LogP contribution in [0.15, 0.2) is 0 Å². The third kappa shape index (κ3) is 3.95. The van der Waals surface area contributed by atoms with Gasteiger partial charge in [-0.05, 0) is 70.0 Å². The number of piperidine rings is 1. The summed E-state index contributed by atoms with van der Waals surface area (Å²) in [4.78, 5) is 2.85. The lowest BCUT2D eigenvalue weighted by Crippen LogP contribution is -2.51. The number of nitrogens with one attached hydrogen (secondary N) is 1. The van der Waals surface area contributed by atoms with E-state index < -0.39 is 0 Å². The van der Waals surface area contributed by atoms with Crippen molar-refractivity contribution in [2.24, 2.45) is 17.8 Å². The average molecular weight is 266 g/mol. The summed E-state index contributed by atoms with van der Waals surface area (Å²) < 4.78 is 0. The van der Waals surface area contributed by atoms with E-state index in [0.29, 0.717) is 0 Å². The highest BCUT2D eigenvalue weighted by atomic mass is 15.2.